The third-order valence-electron chi connectivity index (χ3n) is 3.89. The fraction of sp³-hybridized carbons (Fsp3) is 0.412. The maximum absolute atomic E-state index is 5.38. The van der Waals surface area contributed by atoms with Crippen molar-refractivity contribution >= 4 is 17.0 Å². The van der Waals surface area contributed by atoms with Crippen LogP contribution in [-0.4, -0.2) is 31.2 Å². The van der Waals surface area contributed by atoms with Gasteiger partial charge in [0.15, 0.2) is 0 Å². The number of thiophene rings is 1. The van der Waals surface area contributed by atoms with Crippen LogP contribution in [0.1, 0.15) is 24.1 Å². The molecule has 1 atom stereocenters. The molecule has 1 N–H and O–H groups in total. The molecular formula is C17H22N2OS. The average molecular weight is 302 g/mol. The van der Waals surface area contributed by atoms with Crippen molar-refractivity contribution in [3.8, 4) is 0 Å². The summed E-state index contributed by atoms with van der Waals surface area (Å²) < 4.78 is 5.38. The van der Waals surface area contributed by atoms with Crippen molar-refractivity contribution in [2.75, 3.05) is 31.6 Å². The zero-order valence-corrected chi connectivity index (χ0v) is 13.2. The highest BCUT2D eigenvalue weighted by Crippen LogP contribution is 2.21. The van der Waals surface area contributed by atoms with Crippen LogP contribution < -0.4 is 5.32 Å². The van der Waals surface area contributed by atoms with E-state index in [2.05, 4.69) is 58.2 Å². The molecule has 1 fully saturated rings. The molecule has 1 aromatic heterocycles. The Kier molecular flexibility index (Phi) is 4.91. The van der Waals surface area contributed by atoms with Gasteiger partial charge in [0.25, 0.3) is 0 Å². The summed E-state index contributed by atoms with van der Waals surface area (Å²) in [6, 6.07) is 11.3. The topological polar surface area (TPSA) is 24.5 Å². The Morgan fingerprint density at radius 3 is 2.62 bits per heavy atom. The number of rotatable bonds is 5. The predicted octanol–water partition coefficient (Wildman–Crippen LogP) is 3.75. The predicted molar refractivity (Wildman–Crippen MR) is 88.9 cm³/mol. The van der Waals surface area contributed by atoms with Crippen molar-refractivity contribution in [3.05, 3.63) is 52.2 Å². The first-order valence-corrected chi connectivity index (χ1v) is 8.43. The molecule has 0 spiro atoms. The minimum atomic E-state index is 0.348. The lowest BCUT2D eigenvalue weighted by molar-refractivity contribution is 0.0342. The highest BCUT2D eigenvalue weighted by atomic mass is 32.1. The summed E-state index contributed by atoms with van der Waals surface area (Å²) >= 11 is 1.74. The zero-order chi connectivity index (χ0) is 14.5. The van der Waals surface area contributed by atoms with Gasteiger partial charge in [-0.15, -0.1) is 0 Å². The van der Waals surface area contributed by atoms with Crippen molar-refractivity contribution in [3.63, 3.8) is 0 Å². The van der Waals surface area contributed by atoms with Crippen LogP contribution in [0.5, 0.6) is 0 Å². The monoisotopic (exact) mass is 302 g/mol. The third kappa shape index (κ3) is 4.06. The lowest BCUT2D eigenvalue weighted by atomic mass is 10.1. The standard InChI is InChI=1S/C17H22N2OS/c1-14(16-6-11-21-13-16)18-17-4-2-15(3-5-17)12-19-7-9-20-10-8-19/h2-6,11,13-14,18H,7-10,12H2,1H3. The highest BCUT2D eigenvalue weighted by Gasteiger charge is 2.10. The van der Waals surface area contributed by atoms with Gasteiger partial charge < -0.3 is 10.1 Å². The van der Waals surface area contributed by atoms with E-state index in [4.69, 9.17) is 4.74 Å². The van der Waals surface area contributed by atoms with Crippen LogP contribution in [0.3, 0.4) is 0 Å². The number of benzene rings is 1. The quantitative estimate of drug-likeness (QED) is 0.910. The summed E-state index contributed by atoms with van der Waals surface area (Å²) in [6.45, 7) is 7.01. The van der Waals surface area contributed by atoms with E-state index in [0.717, 1.165) is 32.8 Å². The molecule has 0 bridgehead atoms. The number of hydrogen-bond donors (Lipinski definition) is 1. The van der Waals surface area contributed by atoms with Gasteiger partial charge in [0, 0.05) is 31.4 Å². The molecule has 21 heavy (non-hydrogen) atoms. The molecule has 0 amide bonds. The summed E-state index contributed by atoms with van der Waals surface area (Å²) in [5.74, 6) is 0. The van der Waals surface area contributed by atoms with Crippen LogP contribution in [0.25, 0.3) is 0 Å². The molecule has 4 heteroatoms. The molecule has 112 valence electrons. The van der Waals surface area contributed by atoms with Crippen molar-refractivity contribution in [1.29, 1.82) is 0 Å². The minimum Gasteiger partial charge on any atom is -0.379 e. The van der Waals surface area contributed by atoms with Crippen LogP contribution in [0, 0.1) is 0 Å². The van der Waals surface area contributed by atoms with Crippen molar-refractivity contribution in [2.45, 2.75) is 19.5 Å². The number of nitrogens with one attached hydrogen (secondary N) is 1. The zero-order valence-electron chi connectivity index (χ0n) is 12.4. The van der Waals surface area contributed by atoms with Crippen LogP contribution in [0.2, 0.25) is 0 Å². The van der Waals surface area contributed by atoms with Gasteiger partial charge in [-0.2, -0.15) is 11.3 Å². The van der Waals surface area contributed by atoms with Gasteiger partial charge in [-0.25, -0.2) is 0 Å². The van der Waals surface area contributed by atoms with Gasteiger partial charge in [0.05, 0.1) is 13.2 Å². The maximum Gasteiger partial charge on any atom is 0.0594 e. The fourth-order valence-electron chi connectivity index (χ4n) is 2.58. The first-order valence-electron chi connectivity index (χ1n) is 7.49. The van der Waals surface area contributed by atoms with Crippen molar-refractivity contribution < 1.29 is 4.74 Å². The molecule has 1 aromatic carbocycles. The van der Waals surface area contributed by atoms with E-state index < -0.39 is 0 Å². The fourth-order valence-corrected chi connectivity index (χ4v) is 3.33. The van der Waals surface area contributed by atoms with E-state index in [1.54, 1.807) is 11.3 Å². The van der Waals surface area contributed by atoms with Crippen LogP contribution in [-0.2, 0) is 11.3 Å². The maximum atomic E-state index is 5.38. The molecule has 3 nitrogen and oxygen atoms in total. The van der Waals surface area contributed by atoms with Gasteiger partial charge >= 0.3 is 0 Å². The minimum absolute atomic E-state index is 0.348. The molecule has 0 aliphatic carbocycles. The molecule has 2 aromatic rings. The molecule has 1 unspecified atom stereocenters. The second-order valence-electron chi connectivity index (χ2n) is 5.51. The summed E-state index contributed by atoms with van der Waals surface area (Å²) in [6.07, 6.45) is 0. The number of nitrogens with zero attached hydrogens (tertiary/aromatic N) is 1. The SMILES string of the molecule is CC(Nc1ccc(CN2CCOCC2)cc1)c1ccsc1. The number of anilines is 1. The van der Waals surface area contributed by atoms with E-state index in [-0.39, 0.29) is 0 Å². The first-order chi connectivity index (χ1) is 10.3. The van der Waals surface area contributed by atoms with E-state index >= 15 is 0 Å². The Morgan fingerprint density at radius 1 is 1.19 bits per heavy atom. The average Bonchev–Trinajstić information content (AvgIpc) is 3.05. The Labute approximate surface area is 130 Å². The van der Waals surface area contributed by atoms with E-state index in [9.17, 15) is 0 Å². The molecular weight excluding hydrogens is 280 g/mol. The second kappa shape index (κ2) is 7.07. The van der Waals surface area contributed by atoms with Crippen LogP contribution in [0.15, 0.2) is 41.1 Å². The lowest BCUT2D eigenvalue weighted by Gasteiger charge is -2.26. The Morgan fingerprint density at radius 2 is 1.95 bits per heavy atom. The van der Waals surface area contributed by atoms with E-state index in [0.29, 0.717) is 6.04 Å². The summed E-state index contributed by atoms with van der Waals surface area (Å²) in [5, 5.41) is 7.87. The normalized spacial score (nSPS) is 17.6. The molecule has 2 heterocycles. The van der Waals surface area contributed by atoms with Crippen molar-refractivity contribution in [1.82, 2.24) is 4.90 Å². The molecule has 0 radical (unpaired) electrons. The summed E-state index contributed by atoms with van der Waals surface area (Å²) in [4.78, 5) is 2.44. The molecule has 1 aliphatic heterocycles. The Balaban J connectivity index is 1.56. The van der Waals surface area contributed by atoms with Gasteiger partial charge in [0.1, 0.15) is 0 Å². The number of ether oxygens (including phenoxy) is 1. The first kappa shape index (κ1) is 14.6. The second-order valence-corrected chi connectivity index (χ2v) is 6.29. The molecule has 0 saturated carbocycles. The van der Waals surface area contributed by atoms with Crippen LogP contribution in [0.4, 0.5) is 5.69 Å². The van der Waals surface area contributed by atoms with E-state index in [1.165, 1.54) is 16.8 Å². The summed E-state index contributed by atoms with van der Waals surface area (Å²) in [7, 11) is 0. The van der Waals surface area contributed by atoms with Gasteiger partial charge in [-0.05, 0) is 47.0 Å². The third-order valence-corrected chi connectivity index (χ3v) is 4.59. The Bertz CT molecular complexity index is 532. The largest absolute Gasteiger partial charge is 0.379 e. The smallest absolute Gasteiger partial charge is 0.0594 e. The van der Waals surface area contributed by atoms with Gasteiger partial charge in [0.2, 0.25) is 0 Å². The van der Waals surface area contributed by atoms with Gasteiger partial charge in [-0.1, -0.05) is 12.1 Å². The number of morpholine rings is 1. The van der Waals surface area contributed by atoms with Crippen LogP contribution >= 0.6 is 11.3 Å². The molecule has 1 saturated heterocycles. The number of hydrogen-bond acceptors (Lipinski definition) is 4. The Hall–Kier alpha value is -1.36. The highest BCUT2D eigenvalue weighted by molar-refractivity contribution is 7.07. The molecule has 3 rings (SSSR count). The summed E-state index contributed by atoms with van der Waals surface area (Å²) in [5.41, 5.74) is 3.89. The lowest BCUT2D eigenvalue weighted by Crippen LogP contribution is -2.35. The van der Waals surface area contributed by atoms with Crippen molar-refractivity contribution in [2.24, 2.45) is 0 Å². The van der Waals surface area contributed by atoms with Gasteiger partial charge in [-0.3, -0.25) is 4.90 Å². The molecule has 1 aliphatic rings. The van der Waals surface area contributed by atoms with E-state index in [1.807, 2.05) is 0 Å².